The zero-order chi connectivity index (χ0) is 16.8. The molecule has 122 valence electrons. The molecule has 3 rings (SSSR count). The fraction of sp³-hybridized carbons (Fsp3) is 0.400. The first kappa shape index (κ1) is 15.5. The number of halogens is 3. The second-order valence-corrected chi connectivity index (χ2v) is 5.81. The first-order chi connectivity index (χ1) is 10.7. The summed E-state index contributed by atoms with van der Waals surface area (Å²) in [7, 11) is 1.68. The molecule has 1 fully saturated rings. The first-order valence-electron chi connectivity index (χ1n) is 6.99. The monoisotopic (exact) mass is 325 g/mol. The number of carbonyl (C=O) groups excluding carboxylic acids is 1. The minimum Gasteiger partial charge on any atom is -0.345 e. The standard InChI is InChI=1S/C15H14F3N3O2/c1-14(6-7-21(2)13(14)22)12-19-11(20-23-12)9-4-3-5-10(8-9)15(16,17)18/h3-5,8H,6-7H2,1-2H3. The largest absolute Gasteiger partial charge is 0.416 e. The lowest BCUT2D eigenvalue weighted by molar-refractivity contribution is -0.137. The maximum atomic E-state index is 12.8. The highest BCUT2D eigenvalue weighted by Gasteiger charge is 2.47. The molecule has 1 aliphatic rings. The molecular weight excluding hydrogens is 311 g/mol. The maximum Gasteiger partial charge on any atom is 0.416 e. The second kappa shape index (κ2) is 5.07. The van der Waals surface area contributed by atoms with Gasteiger partial charge in [-0.05, 0) is 25.5 Å². The van der Waals surface area contributed by atoms with Crippen LogP contribution in [0, 0.1) is 0 Å². The number of nitrogens with zero attached hydrogens (tertiary/aromatic N) is 3. The molecule has 1 unspecified atom stereocenters. The first-order valence-corrected chi connectivity index (χ1v) is 6.99. The van der Waals surface area contributed by atoms with E-state index >= 15 is 0 Å². The van der Waals surface area contributed by atoms with Gasteiger partial charge in [-0.3, -0.25) is 4.79 Å². The Morgan fingerprint density at radius 1 is 1.35 bits per heavy atom. The predicted octanol–water partition coefficient (Wildman–Crippen LogP) is 2.88. The van der Waals surface area contributed by atoms with Gasteiger partial charge in [0.2, 0.25) is 17.6 Å². The van der Waals surface area contributed by atoms with E-state index in [2.05, 4.69) is 10.1 Å². The van der Waals surface area contributed by atoms with Gasteiger partial charge in [0, 0.05) is 19.2 Å². The molecule has 0 radical (unpaired) electrons. The number of likely N-dealkylation sites (tertiary alicyclic amines) is 1. The smallest absolute Gasteiger partial charge is 0.345 e. The SMILES string of the molecule is CN1CCC(C)(c2nc(-c3cccc(C(F)(F)F)c3)no2)C1=O. The molecule has 5 nitrogen and oxygen atoms in total. The van der Waals surface area contributed by atoms with Crippen molar-refractivity contribution in [2.75, 3.05) is 13.6 Å². The van der Waals surface area contributed by atoms with E-state index in [1.807, 2.05) is 0 Å². The molecule has 1 amide bonds. The van der Waals surface area contributed by atoms with E-state index in [1.165, 1.54) is 12.1 Å². The van der Waals surface area contributed by atoms with E-state index in [4.69, 9.17) is 4.52 Å². The van der Waals surface area contributed by atoms with Crippen LogP contribution in [0.5, 0.6) is 0 Å². The number of rotatable bonds is 2. The van der Waals surface area contributed by atoms with Gasteiger partial charge in [0.15, 0.2) is 0 Å². The van der Waals surface area contributed by atoms with Gasteiger partial charge in [-0.25, -0.2) is 0 Å². The number of carbonyl (C=O) groups is 1. The predicted molar refractivity (Wildman–Crippen MR) is 74.3 cm³/mol. The van der Waals surface area contributed by atoms with Gasteiger partial charge < -0.3 is 9.42 Å². The van der Waals surface area contributed by atoms with Crippen LogP contribution in [0.3, 0.4) is 0 Å². The summed E-state index contributed by atoms with van der Waals surface area (Å²) in [6.45, 7) is 2.26. The lowest BCUT2D eigenvalue weighted by atomic mass is 9.89. The summed E-state index contributed by atoms with van der Waals surface area (Å²) in [6, 6.07) is 4.68. The Morgan fingerprint density at radius 2 is 2.09 bits per heavy atom. The average Bonchev–Trinajstić information content (AvgIpc) is 3.09. The Labute approximate surface area is 130 Å². The Hall–Kier alpha value is -2.38. The van der Waals surface area contributed by atoms with Crippen molar-refractivity contribution in [3.05, 3.63) is 35.7 Å². The van der Waals surface area contributed by atoms with E-state index in [1.54, 1.807) is 18.9 Å². The van der Waals surface area contributed by atoms with Crippen molar-refractivity contribution >= 4 is 5.91 Å². The van der Waals surface area contributed by atoms with E-state index in [9.17, 15) is 18.0 Å². The lowest BCUT2D eigenvalue weighted by Gasteiger charge is -2.16. The maximum absolute atomic E-state index is 12.8. The van der Waals surface area contributed by atoms with Gasteiger partial charge in [0.1, 0.15) is 5.41 Å². The molecule has 0 N–H and O–H groups in total. The topological polar surface area (TPSA) is 59.2 Å². The van der Waals surface area contributed by atoms with Crippen molar-refractivity contribution < 1.29 is 22.5 Å². The van der Waals surface area contributed by atoms with Crippen LogP contribution in [0.2, 0.25) is 0 Å². The molecule has 0 spiro atoms. The third-order valence-corrected chi connectivity index (χ3v) is 4.11. The fourth-order valence-electron chi connectivity index (χ4n) is 2.62. The van der Waals surface area contributed by atoms with Gasteiger partial charge in [-0.1, -0.05) is 17.3 Å². The summed E-state index contributed by atoms with van der Waals surface area (Å²) in [6.07, 6.45) is -3.93. The Balaban J connectivity index is 1.96. The van der Waals surface area contributed by atoms with Gasteiger partial charge in [0.25, 0.3) is 0 Å². The highest BCUT2D eigenvalue weighted by atomic mass is 19.4. The molecule has 0 aliphatic carbocycles. The summed E-state index contributed by atoms with van der Waals surface area (Å²) in [5.74, 6) is 0.0192. The number of likely N-dealkylation sites (N-methyl/N-ethyl adjacent to an activating group) is 1. The third kappa shape index (κ3) is 2.58. The Kier molecular flexibility index (Phi) is 3.42. The van der Waals surface area contributed by atoms with Crippen molar-refractivity contribution in [2.24, 2.45) is 0 Å². The highest BCUT2D eigenvalue weighted by molar-refractivity contribution is 5.88. The highest BCUT2D eigenvalue weighted by Crippen LogP contribution is 2.35. The molecule has 23 heavy (non-hydrogen) atoms. The van der Waals surface area contributed by atoms with Gasteiger partial charge in [0.05, 0.1) is 5.56 Å². The summed E-state index contributed by atoms with van der Waals surface area (Å²) < 4.78 is 43.5. The number of benzene rings is 1. The van der Waals surface area contributed by atoms with Crippen LogP contribution in [-0.4, -0.2) is 34.5 Å². The fourth-order valence-corrected chi connectivity index (χ4v) is 2.62. The van der Waals surface area contributed by atoms with Crippen LogP contribution in [0.4, 0.5) is 13.2 Å². The zero-order valence-electron chi connectivity index (χ0n) is 12.5. The molecule has 1 atom stereocenters. The molecular formula is C15H14F3N3O2. The molecule has 1 aromatic heterocycles. The summed E-state index contributed by atoms with van der Waals surface area (Å²) >= 11 is 0. The van der Waals surface area contributed by atoms with E-state index in [0.29, 0.717) is 13.0 Å². The van der Waals surface area contributed by atoms with Crippen molar-refractivity contribution in [1.82, 2.24) is 15.0 Å². The van der Waals surface area contributed by atoms with Crippen molar-refractivity contribution in [3.8, 4) is 11.4 Å². The van der Waals surface area contributed by atoms with Crippen LogP contribution in [0.25, 0.3) is 11.4 Å². The molecule has 0 saturated carbocycles. The molecule has 0 bridgehead atoms. The van der Waals surface area contributed by atoms with Crippen LogP contribution in [0.1, 0.15) is 24.8 Å². The molecule has 1 aliphatic heterocycles. The number of amides is 1. The minimum atomic E-state index is -4.45. The molecule has 1 saturated heterocycles. The zero-order valence-corrected chi connectivity index (χ0v) is 12.5. The normalized spacial score (nSPS) is 22.0. The molecule has 2 aromatic rings. The van der Waals surface area contributed by atoms with Crippen molar-refractivity contribution in [3.63, 3.8) is 0 Å². The lowest BCUT2D eigenvalue weighted by Crippen LogP contribution is -2.33. The van der Waals surface area contributed by atoms with Crippen molar-refractivity contribution in [2.45, 2.75) is 24.9 Å². The van der Waals surface area contributed by atoms with Gasteiger partial charge >= 0.3 is 6.18 Å². The summed E-state index contributed by atoms with van der Waals surface area (Å²) in [5.41, 5.74) is -1.52. The quantitative estimate of drug-likeness (QED) is 0.852. The minimum absolute atomic E-state index is 0.0367. The van der Waals surface area contributed by atoms with Crippen LogP contribution in [0.15, 0.2) is 28.8 Å². The second-order valence-electron chi connectivity index (χ2n) is 5.81. The number of alkyl halides is 3. The number of aromatic nitrogens is 2. The number of hydrogen-bond acceptors (Lipinski definition) is 4. The van der Waals surface area contributed by atoms with Crippen LogP contribution in [-0.2, 0) is 16.4 Å². The van der Waals surface area contributed by atoms with Gasteiger partial charge in [-0.15, -0.1) is 0 Å². The average molecular weight is 325 g/mol. The molecule has 8 heteroatoms. The molecule has 1 aromatic carbocycles. The van der Waals surface area contributed by atoms with Crippen LogP contribution < -0.4 is 0 Å². The van der Waals surface area contributed by atoms with Gasteiger partial charge in [-0.2, -0.15) is 18.2 Å². The Bertz CT molecular complexity index is 756. The van der Waals surface area contributed by atoms with E-state index in [0.717, 1.165) is 12.1 Å². The van der Waals surface area contributed by atoms with E-state index in [-0.39, 0.29) is 23.2 Å². The summed E-state index contributed by atoms with van der Waals surface area (Å²) in [4.78, 5) is 17.9. The Morgan fingerprint density at radius 3 is 2.70 bits per heavy atom. The number of hydrogen-bond donors (Lipinski definition) is 0. The summed E-state index contributed by atoms with van der Waals surface area (Å²) in [5, 5.41) is 3.73. The van der Waals surface area contributed by atoms with Crippen molar-refractivity contribution in [1.29, 1.82) is 0 Å². The van der Waals surface area contributed by atoms with E-state index < -0.39 is 17.2 Å². The van der Waals surface area contributed by atoms with Crippen LogP contribution >= 0.6 is 0 Å². The third-order valence-electron chi connectivity index (χ3n) is 4.11. The molecule has 2 heterocycles.